The van der Waals surface area contributed by atoms with Gasteiger partial charge in [-0.2, -0.15) is 0 Å². The van der Waals surface area contributed by atoms with Crippen LogP contribution >= 0.6 is 211 Å². The molecule has 0 aliphatic rings. The molecule has 0 radical (unpaired) electrons. The van der Waals surface area contributed by atoms with Gasteiger partial charge in [-0.25, -0.2) is 0 Å². The van der Waals surface area contributed by atoms with Crippen LogP contribution in [0.25, 0.3) is 0 Å². The Bertz CT molecular complexity index is 3500. The van der Waals surface area contributed by atoms with Crippen molar-refractivity contribution >= 4 is 298 Å². The number of hydrogen-bond acceptors (Lipinski definition) is 90. The second kappa shape index (κ2) is 58.5. The molecule has 0 spiro atoms. The molecule has 0 N–H and O–H groups in total. The topological polar surface area (TPSA) is 1660 Å². The van der Waals surface area contributed by atoms with Crippen molar-refractivity contribution < 1.29 is 464 Å². The summed E-state index contributed by atoms with van der Waals surface area (Å²) in [5.41, 5.74) is 0. The maximum Gasteiger partial charge on any atom is 3.00 e. The van der Waals surface area contributed by atoms with Crippen LogP contribution in [0.2, 0.25) is 0 Å². The van der Waals surface area contributed by atoms with Gasteiger partial charge in [0.15, 0.2) is 0 Å². The largest absolute Gasteiger partial charge is 3.00 e. The molecule has 0 heterocycles. The molecule has 0 aliphatic heterocycles. The van der Waals surface area contributed by atoms with Gasteiger partial charge in [0, 0.05) is 0 Å². The van der Waals surface area contributed by atoms with Gasteiger partial charge in [0.2, 0.25) is 0 Å². The van der Waals surface area contributed by atoms with Gasteiger partial charge in [-0.3, -0.25) is 119 Å². The normalized spacial score (nSPS) is 13.9. The monoisotopic (exact) mass is 2440 g/mol. The van der Waals surface area contributed by atoms with Gasteiger partial charge in [-0.1, -0.05) is 0 Å². The van der Waals surface area contributed by atoms with Gasteiger partial charge in [-0.05, 0) is 0 Å². The molecule has 122 heavy (non-hydrogen) atoms. The Morgan fingerprint density at radius 1 is 0.0902 bits per heavy atom. The van der Waals surface area contributed by atoms with Crippen LogP contribution in [0, 0.1) is 0 Å². The maximum atomic E-state index is 10.1. The predicted molar refractivity (Wildman–Crippen MR) is 287 cm³/mol. The van der Waals surface area contributed by atoms with Crippen LogP contribution in [0.3, 0.4) is 0 Å². The molecule has 0 aromatic heterocycles. The standard InChI is InChI=1S/5Al.9H5O10P3/c;;;;;9*1-11(2,3)9-13(7,8)10-12(4,5)6/h;;;;;9*(H,7,8)(H2,1,2,3)(H2,4,5,6)/q5*+3;;;;;;;;;/p-15. The first kappa shape index (κ1) is 159. The fourth-order valence-electron chi connectivity index (χ4n) is 2.34. The first-order valence-electron chi connectivity index (χ1n) is 19.7. The number of phosphoric acid groups is 27. The molecule has 0 amide bonds. The van der Waals surface area contributed by atoms with E-state index >= 15 is 0 Å². The first-order chi connectivity index (χ1) is 48.7. The van der Waals surface area contributed by atoms with E-state index in [2.05, 4.69) is 77.6 Å². The number of rotatable bonds is 36. The van der Waals surface area contributed by atoms with E-state index < -0.39 is 211 Å². The van der Waals surface area contributed by atoms with Crippen molar-refractivity contribution in [1.82, 2.24) is 0 Å². The van der Waals surface area contributed by atoms with Crippen LogP contribution < -0.4 is 220 Å². The average Bonchev–Trinajstić information content (AvgIpc) is 3.11. The summed E-state index contributed by atoms with van der Waals surface area (Å²) < 4.78 is 312. The fourth-order valence-corrected chi connectivity index (χ4v) is 23.5. The molecule has 720 valence electrons. The van der Waals surface area contributed by atoms with E-state index in [1.165, 1.54) is 0 Å². The molecule has 0 fully saturated rings. The van der Waals surface area contributed by atoms with Crippen molar-refractivity contribution in [2.24, 2.45) is 0 Å². The Morgan fingerprint density at radius 3 is 0.131 bits per heavy atom. The van der Waals surface area contributed by atoms with Crippen molar-refractivity contribution in [2.45, 2.75) is 0 Å². The fraction of sp³-hybridized carbons (Fsp3) is 0. The van der Waals surface area contributed by atoms with Crippen molar-refractivity contribution in [1.29, 1.82) is 0 Å². The van der Waals surface area contributed by atoms with Crippen molar-refractivity contribution in [3.8, 4) is 0 Å². The van der Waals surface area contributed by atoms with Gasteiger partial charge in [0.1, 0.15) is 0 Å². The smallest absolute Gasteiger partial charge is 0.790 e. The first-order valence-corrected chi connectivity index (χ1v) is 59.2. The van der Waals surface area contributed by atoms with Crippen LogP contribution in [-0.2, 0) is 201 Å². The molecule has 0 saturated carbocycles. The molecule has 0 bridgehead atoms. The van der Waals surface area contributed by atoms with Crippen molar-refractivity contribution in [3.63, 3.8) is 0 Å². The summed E-state index contributed by atoms with van der Waals surface area (Å²) in [5.74, 6) is 0. The molecule has 0 atom stereocenters. The molecule has 122 heteroatoms. The van der Waals surface area contributed by atoms with Crippen LogP contribution in [0.15, 0.2) is 0 Å². The average molecular weight is 2440 g/mol. The zero-order chi connectivity index (χ0) is 98.2. The summed E-state index contributed by atoms with van der Waals surface area (Å²) in [6.45, 7) is 0. The van der Waals surface area contributed by atoms with E-state index in [0.717, 1.165) is 0 Å². The molecule has 90 nitrogen and oxygen atoms in total. The Hall–Kier alpha value is 6.35. The van der Waals surface area contributed by atoms with Crippen LogP contribution in [0.5, 0.6) is 0 Å². The van der Waals surface area contributed by atoms with Gasteiger partial charge in [0.25, 0.3) is 70.4 Å². The molecule has 0 aromatic carbocycles. The molecule has 0 aromatic rings. The summed E-state index contributed by atoms with van der Waals surface area (Å²) in [5, 5.41) is 0. The number of hydrogen-bond donors (Lipinski definition) is 0. The van der Waals surface area contributed by atoms with E-state index in [9.17, 15) is 343 Å². The van der Waals surface area contributed by atoms with Gasteiger partial charge >= 0.3 is 130 Å². The van der Waals surface area contributed by atoms with Crippen LogP contribution in [0.1, 0.15) is 42.8 Å². The predicted octanol–water partition coefficient (Wildman–Crippen LogP) is -33.2. The minimum Gasteiger partial charge on any atom is -0.790 e. The summed E-state index contributed by atoms with van der Waals surface area (Å²) in [7, 11) is -161. The minimum atomic E-state index is -5.97. The summed E-state index contributed by atoms with van der Waals surface area (Å²) >= 11 is 0. The van der Waals surface area contributed by atoms with E-state index in [4.69, 9.17) is 0 Å². The second-order valence-corrected chi connectivity index (χ2v) is 49.5. The minimum absolute atomic E-state index is 0. The molecule has 0 unspecified atom stereocenters. The zero-order valence-corrected chi connectivity index (χ0v) is 81.6. The summed E-state index contributed by atoms with van der Waals surface area (Å²) in [6.07, 6.45) is 0. The Labute approximate surface area is 759 Å². The van der Waals surface area contributed by atoms with Crippen LogP contribution in [-0.4, -0.2) is 86.8 Å². The Kier molecular flexibility index (Phi) is 76.4. The third-order valence-corrected chi connectivity index (χ3v) is 32.4. The van der Waals surface area contributed by atoms with E-state index in [1.54, 1.807) is 0 Å². The van der Waals surface area contributed by atoms with Crippen molar-refractivity contribution in [3.05, 3.63) is 0 Å². The third kappa shape index (κ3) is 152. The Morgan fingerprint density at radius 2 is 0.115 bits per heavy atom. The Balaban J connectivity index is -0.0000000200. The van der Waals surface area contributed by atoms with Gasteiger partial charge < -0.3 is 302 Å². The quantitative estimate of drug-likeness (QED) is 0.0415. The molecule has 0 rings (SSSR count). The SMILES string of the molecule is O=P([O-])([O-])OP(=O)([O-])OP(=O)([O-])[O-].O=P([O-])([O-])OP(=O)([O-])OP(=O)([O-])[O-].O=P([O-])([O-])OP(=O)([O-])OP(=O)([O-])[O-].O=P([O-])([O-])OP(=O)([O-])OP(=O)([O-])[O-].O=P([O-])([O-])OP(=O)([O-])OP(=O)([O-])[O-].O=P([O-])([O-])OP(=O)([O-])OP(=O)([O-])[O-].O=P([O-])([O-])OP(=O)([O-])OP(=O)([O-])[O-].O=P([O-])([O-])OP(=O)([O-])OP(=O)([O-])[O-].O=P([O-])([O-])OP(=O)([O-])OP(=O)([O-])[O-].[Al+3].[Al+3].[Al+3].[Al+3].[Al+3].[H+].[H+].[H+].[H+].[H+].[H+].[H+].[H+].[H+].[H+].[H+].[H+].[H+].[H+].[H+].[H+].[H+].[H+].[H+].[H+].[H+].[H+].[H+].[H+].[H+].[H+].[H+].[H+].[H+].[H+]. The second-order valence-electron chi connectivity index (χ2n) is 13.5. The van der Waals surface area contributed by atoms with Crippen molar-refractivity contribution in [2.75, 3.05) is 0 Å². The summed E-state index contributed by atoms with van der Waals surface area (Å²) in [4.78, 5) is 438. The zero-order valence-electron chi connectivity index (χ0n) is 81.7. The molecule has 0 saturated heterocycles. The van der Waals surface area contributed by atoms with E-state index in [0.29, 0.717) is 0 Å². The molecule has 0 aliphatic carbocycles. The third-order valence-electron chi connectivity index (χ3n) is 3.60. The van der Waals surface area contributed by atoms with E-state index in [1.807, 2.05) is 0 Å². The summed E-state index contributed by atoms with van der Waals surface area (Å²) in [6, 6.07) is 0. The van der Waals surface area contributed by atoms with E-state index in [-0.39, 0.29) is 130 Å². The molecular formula is H30Al5O90P27. The van der Waals surface area contributed by atoms with Gasteiger partial charge in [0.05, 0.1) is 141 Å². The maximum absolute atomic E-state index is 10.1. The van der Waals surface area contributed by atoms with Crippen LogP contribution in [0.4, 0.5) is 0 Å². The molecular weight excluding hydrogens is 2410 g/mol. The van der Waals surface area contributed by atoms with Gasteiger partial charge in [-0.15, -0.1) is 0 Å².